The predicted molar refractivity (Wildman–Crippen MR) is 101 cm³/mol. The minimum Gasteiger partial charge on any atom is -0.399 e. The molecule has 0 amide bonds. The third kappa shape index (κ3) is 3.41. The number of rotatable bonds is 2. The Kier molecular flexibility index (Phi) is 4.17. The van der Waals surface area contributed by atoms with E-state index >= 15 is 0 Å². The second kappa shape index (κ2) is 5.99. The molecule has 0 spiro atoms. The Labute approximate surface area is 146 Å². The number of anilines is 1. The molecule has 2 heterocycles. The van der Waals surface area contributed by atoms with Crippen LogP contribution in [-0.4, -0.2) is 4.98 Å². The molecule has 0 atom stereocenters. The van der Waals surface area contributed by atoms with E-state index in [1.807, 2.05) is 24.4 Å². The van der Waals surface area contributed by atoms with Crippen LogP contribution in [0.4, 0.5) is 5.69 Å². The Morgan fingerprint density at radius 1 is 1.04 bits per heavy atom. The maximum atomic E-state index is 6.32. The Bertz CT molecular complexity index is 847. The topological polar surface area (TPSA) is 38.9 Å². The van der Waals surface area contributed by atoms with Crippen molar-refractivity contribution >= 4 is 28.6 Å². The molecule has 4 heteroatoms. The highest BCUT2D eigenvalue weighted by molar-refractivity contribution is 7.14. The van der Waals surface area contributed by atoms with Gasteiger partial charge in [0.1, 0.15) is 0 Å². The van der Waals surface area contributed by atoms with E-state index in [2.05, 4.69) is 43.3 Å². The summed E-state index contributed by atoms with van der Waals surface area (Å²) in [6, 6.07) is 12.0. The van der Waals surface area contributed by atoms with E-state index in [0.717, 1.165) is 16.1 Å². The third-order valence-corrected chi connectivity index (χ3v) is 5.00. The van der Waals surface area contributed by atoms with Crippen molar-refractivity contribution in [2.45, 2.75) is 26.2 Å². The molecule has 3 rings (SSSR count). The van der Waals surface area contributed by atoms with Gasteiger partial charge in [-0.25, -0.2) is 0 Å². The molecule has 0 aliphatic carbocycles. The SMILES string of the molecule is CC(C)(C)c1cc(-c2csc(-c3ccc(N)cc3Cl)c2)ccn1. The van der Waals surface area contributed by atoms with Crippen LogP contribution >= 0.6 is 22.9 Å². The minimum absolute atomic E-state index is 0.0368. The van der Waals surface area contributed by atoms with Crippen LogP contribution in [0.3, 0.4) is 0 Å². The molecule has 2 nitrogen and oxygen atoms in total. The molecule has 2 N–H and O–H groups in total. The van der Waals surface area contributed by atoms with E-state index in [4.69, 9.17) is 17.3 Å². The average molecular weight is 343 g/mol. The summed E-state index contributed by atoms with van der Waals surface area (Å²) in [6.07, 6.45) is 1.88. The van der Waals surface area contributed by atoms with E-state index in [0.29, 0.717) is 10.7 Å². The molecular weight excluding hydrogens is 324 g/mol. The molecule has 0 aliphatic heterocycles. The zero-order valence-corrected chi connectivity index (χ0v) is 15.0. The van der Waals surface area contributed by atoms with Crippen molar-refractivity contribution in [1.29, 1.82) is 0 Å². The fraction of sp³-hybridized carbons (Fsp3) is 0.211. The first kappa shape index (κ1) is 16.0. The van der Waals surface area contributed by atoms with Gasteiger partial charge in [0.2, 0.25) is 0 Å². The van der Waals surface area contributed by atoms with Gasteiger partial charge in [-0.3, -0.25) is 4.98 Å². The first-order valence-electron chi connectivity index (χ1n) is 7.45. The van der Waals surface area contributed by atoms with Gasteiger partial charge in [-0.2, -0.15) is 0 Å². The number of hydrogen-bond acceptors (Lipinski definition) is 3. The summed E-state index contributed by atoms with van der Waals surface area (Å²) in [7, 11) is 0. The molecular formula is C19H19ClN2S. The summed E-state index contributed by atoms with van der Waals surface area (Å²) in [4.78, 5) is 5.63. The van der Waals surface area contributed by atoms with Gasteiger partial charge < -0.3 is 5.73 Å². The normalized spacial score (nSPS) is 11.7. The quantitative estimate of drug-likeness (QED) is 0.579. The van der Waals surface area contributed by atoms with E-state index in [9.17, 15) is 0 Å². The van der Waals surface area contributed by atoms with Crippen molar-refractivity contribution in [3.05, 3.63) is 58.7 Å². The molecule has 0 saturated carbocycles. The van der Waals surface area contributed by atoms with Crippen LogP contribution in [0.25, 0.3) is 21.6 Å². The molecule has 0 radical (unpaired) electrons. The largest absolute Gasteiger partial charge is 0.399 e. The zero-order chi connectivity index (χ0) is 16.6. The molecule has 3 aromatic rings. The molecule has 118 valence electrons. The first-order chi connectivity index (χ1) is 10.8. The summed E-state index contributed by atoms with van der Waals surface area (Å²) in [5.41, 5.74) is 11.0. The van der Waals surface area contributed by atoms with Crippen LogP contribution < -0.4 is 5.73 Å². The zero-order valence-electron chi connectivity index (χ0n) is 13.4. The van der Waals surface area contributed by atoms with Crippen molar-refractivity contribution in [1.82, 2.24) is 4.98 Å². The molecule has 0 fully saturated rings. The number of nitrogens with two attached hydrogens (primary N) is 1. The number of aromatic nitrogens is 1. The van der Waals surface area contributed by atoms with Crippen LogP contribution in [0.15, 0.2) is 48.0 Å². The molecule has 23 heavy (non-hydrogen) atoms. The van der Waals surface area contributed by atoms with Crippen LogP contribution in [0, 0.1) is 0 Å². The van der Waals surface area contributed by atoms with Crippen molar-refractivity contribution in [3.63, 3.8) is 0 Å². The summed E-state index contributed by atoms with van der Waals surface area (Å²) < 4.78 is 0. The lowest BCUT2D eigenvalue weighted by atomic mass is 9.90. The van der Waals surface area contributed by atoms with Gasteiger partial charge in [0, 0.05) is 33.4 Å². The Hall–Kier alpha value is -1.84. The van der Waals surface area contributed by atoms with Crippen molar-refractivity contribution < 1.29 is 0 Å². The van der Waals surface area contributed by atoms with Gasteiger partial charge in [0.05, 0.1) is 5.02 Å². The number of benzene rings is 1. The Morgan fingerprint density at radius 2 is 1.83 bits per heavy atom. The predicted octanol–water partition coefficient (Wildman–Crippen LogP) is 6.01. The van der Waals surface area contributed by atoms with Crippen LogP contribution in [0.5, 0.6) is 0 Å². The highest BCUT2D eigenvalue weighted by Crippen LogP contribution is 2.37. The lowest BCUT2D eigenvalue weighted by Gasteiger charge is -2.18. The smallest absolute Gasteiger partial charge is 0.0513 e. The van der Waals surface area contributed by atoms with E-state index in [1.165, 1.54) is 11.1 Å². The molecule has 1 aromatic carbocycles. The summed E-state index contributed by atoms with van der Waals surface area (Å²) in [5.74, 6) is 0. The maximum absolute atomic E-state index is 6.32. The fourth-order valence-electron chi connectivity index (χ4n) is 2.38. The van der Waals surface area contributed by atoms with Crippen LogP contribution in [0.2, 0.25) is 5.02 Å². The number of hydrogen-bond donors (Lipinski definition) is 1. The van der Waals surface area contributed by atoms with Gasteiger partial charge in [0.25, 0.3) is 0 Å². The highest BCUT2D eigenvalue weighted by atomic mass is 35.5. The first-order valence-corrected chi connectivity index (χ1v) is 8.71. The Morgan fingerprint density at radius 3 is 2.52 bits per heavy atom. The lowest BCUT2D eigenvalue weighted by molar-refractivity contribution is 0.569. The number of nitrogens with zero attached hydrogens (tertiary/aromatic N) is 1. The highest BCUT2D eigenvalue weighted by Gasteiger charge is 2.16. The molecule has 0 aliphatic rings. The molecule has 0 saturated heterocycles. The van der Waals surface area contributed by atoms with Crippen molar-refractivity contribution in [2.24, 2.45) is 0 Å². The van der Waals surface area contributed by atoms with Gasteiger partial charge in [0.15, 0.2) is 0 Å². The van der Waals surface area contributed by atoms with E-state index < -0.39 is 0 Å². The number of halogens is 1. The van der Waals surface area contributed by atoms with E-state index in [1.54, 1.807) is 17.4 Å². The molecule has 2 aromatic heterocycles. The molecule has 0 bridgehead atoms. The summed E-state index contributed by atoms with van der Waals surface area (Å²) >= 11 is 8.01. The summed E-state index contributed by atoms with van der Waals surface area (Å²) in [5, 5.41) is 2.84. The fourth-order valence-corrected chi connectivity index (χ4v) is 3.69. The van der Waals surface area contributed by atoms with Crippen LogP contribution in [-0.2, 0) is 5.41 Å². The second-order valence-electron chi connectivity index (χ2n) is 6.62. The van der Waals surface area contributed by atoms with E-state index in [-0.39, 0.29) is 5.41 Å². The van der Waals surface area contributed by atoms with Crippen molar-refractivity contribution in [2.75, 3.05) is 5.73 Å². The number of thiophene rings is 1. The second-order valence-corrected chi connectivity index (χ2v) is 7.94. The van der Waals surface area contributed by atoms with Crippen LogP contribution in [0.1, 0.15) is 26.5 Å². The van der Waals surface area contributed by atoms with Gasteiger partial charge in [-0.1, -0.05) is 38.4 Å². The van der Waals surface area contributed by atoms with Gasteiger partial charge in [-0.15, -0.1) is 11.3 Å². The maximum Gasteiger partial charge on any atom is 0.0513 e. The standard InChI is InChI=1S/C19H19ClN2S/c1-19(2,3)18-9-12(6-7-22-18)13-8-17(23-11-13)15-5-4-14(21)10-16(15)20/h4-11H,21H2,1-3H3. The van der Waals surface area contributed by atoms with Crippen molar-refractivity contribution in [3.8, 4) is 21.6 Å². The van der Waals surface area contributed by atoms with Gasteiger partial charge in [-0.05, 0) is 46.8 Å². The molecule has 0 unspecified atom stereocenters. The monoisotopic (exact) mass is 342 g/mol. The number of nitrogen functional groups attached to an aromatic ring is 1. The Balaban J connectivity index is 1.99. The minimum atomic E-state index is 0.0368. The lowest BCUT2D eigenvalue weighted by Crippen LogP contribution is -2.13. The van der Waals surface area contributed by atoms with Gasteiger partial charge >= 0.3 is 0 Å². The summed E-state index contributed by atoms with van der Waals surface area (Å²) in [6.45, 7) is 6.52. The third-order valence-electron chi connectivity index (χ3n) is 3.72. The number of pyridine rings is 1. The average Bonchev–Trinajstić information content (AvgIpc) is 2.96.